The Balaban J connectivity index is 1.89. The van der Waals surface area contributed by atoms with Crippen molar-refractivity contribution >= 4 is 17.3 Å². The number of rotatable bonds is 7. The molecule has 2 heterocycles. The predicted molar refractivity (Wildman–Crippen MR) is 90.3 cm³/mol. The zero-order valence-electron chi connectivity index (χ0n) is 13.0. The third-order valence-electron chi connectivity index (χ3n) is 3.19. The highest BCUT2D eigenvalue weighted by atomic mass is 32.1. The highest BCUT2D eigenvalue weighted by Gasteiger charge is 2.25. The van der Waals surface area contributed by atoms with Crippen LogP contribution in [-0.4, -0.2) is 30.7 Å². The van der Waals surface area contributed by atoms with Gasteiger partial charge in [-0.3, -0.25) is 0 Å². The molecule has 0 saturated carbocycles. The van der Waals surface area contributed by atoms with Crippen molar-refractivity contribution in [3.63, 3.8) is 0 Å². The van der Waals surface area contributed by atoms with Crippen molar-refractivity contribution < 1.29 is 9.52 Å². The minimum atomic E-state index is -1.11. The van der Waals surface area contributed by atoms with Crippen molar-refractivity contribution in [1.82, 2.24) is 10.6 Å². The van der Waals surface area contributed by atoms with E-state index in [1.54, 1.807) is 36.7 Å². The van der Waals surface area contributed by atoms with Gasteiger partial charge < -0.3 is 20.2 Å². The molecule has 1 unspecified atom stereocenters. The van der Waals surface area contributed by atoms with E-state index >= 15 is 0 Å². The van der Waals surface area contributed by atoms with Crippen molar-refractivity contribution in [3.8, 4) is 0 Å². The summed E-state index contributed by atoms with van der Waals surface area (Å²) >= 11 is 1.75. The second-order valence-electron chi connectivity index (χ2n) is 5.20. The molecule has 0 aromatic carbocycles. The first kappa shape index (κ1) is 16.6. The van der Waals surface area contributed by atoms with Crippen molar-refractivity contribution in [1.29, 1.82) is 0 Å². The Kier molecular flexibility index (Phi) is 6.03. The molecule has 0 fully saturated rings. The number of aliphatic hydroxyl groups is 1. The third-order valence-corrected chi connectivity index (χ3v) is 4.12. The second-order valence-corrected chi connectivity index (χ2v) is 6.23. The number of guanidine groups is 1. The van der Waals surface area contributed by atoms with Crippen LogP contribution in [0.5, 0.6) is 0 Å². The number of hydrogen-bond donors (Lipinski definition) is 3. The minimum Gasteiger partial charge on any atom is -0.466 e. The molecule has 2 aromatic rings. The van der Waals surface area contributed by atoms with E-state index in [2.05, 4.69) is 33.1 Å². The average Bonchev–Trinajstić information content (AvgIpc) is 3.18. The van der Waals surface area contributed by atoms with Crippen LogP contribution in [0, 0.1) is 0 Å². The minimum absolute atomic E-state index is 0.231. The molecular formula is C16H23N3O2S. The normalized spacial score (nSPS) is 14.6. The second kappa shape index (κ2) is 8.00. The lowest BCUT2D eigenvalue weighted by molar-refractivity contribution is 0.0437. The van der Waals surface area contributed by atoms with E-state index in [1.807, 2.05) is 6.92 Å². The van der Waals surface area contributed by atoms with Gasteiger partial charge in [0.1, 0.15) is 11.4 Å². The number of aliphatic imine (C=N–C) groups is 1. The number of thiophene rings is 1. The van der Waals surface area contributed by atoms with Crippen molar-refractivity contribution in [2.75, 3.05) is 19.6 Å². The summed E-state index contributed by atoms with van der Waals surface area (Å²) in [4.78, 5) is 5.79. The van der Waals surface area contributed by atoms with Crippen LogP contribution in [0.4, 0.5) is 0 Å². The van der Waals surface area contributed by atoms with Gasteiger partial charge in [-0.1, -0.05) is 6.07 Å². The summed E-state index contributed by atoms with van der Waals surface area (Å²) in [5.41, 5.74) is -1.11. The van der Waals surface area contributed by atoms with E-state index < -0.39 is 5.60 Å². The fourth-order valence-electron chi connectivity index (χ4n) is 2.00. The molecule has 0 saturated heterocycles. The first-order valence-corrected chi connectivity index (χ1v) is 8.30. The molecule has 120 valence electrons. The SMILES string of the molecule is CCNC(=NCC(C)(O)c1ccco1)NCCc1cccs1. The van der Waals surface area contributed by atoms with Crippen LogP contribution in [0.15, 0.2) is 45.3 Å². The molecule has 2 aromatic heterocycles. The molecule has 5 nitrogen and oxygen atoms in total. The maximum absolute atomic E-state index is 10.4. The van der Waals surface area contributed by atoms with Crippen LogP contribution >= 0.6 is 11.3 Å². The molecule has 22 heavy (non-hydrogen) atoms. The molecule has 2 rings (SSSR count). The maximum Gasteiger partial charge on any atom is 0.191 e. The summed E-state index contributed by atoms with van der Waals surface area (Å²) in [7, 11) is 0. The molecular weight excluding hydrogens is 298 g/mol. The van der Waals surface area contributed by atoms with Gasteiger partial charge in [0.25, 0.3) is 0 Å². The zero-order valence-corrected chi connectivity index (χ0v) is 13.8. The van der Waals surface area contributed by atoms with Crippen LogP contribution in [-0.2, 0) is 12.0 Å². The van der Waals surface area contributed by atoms with E-state index in [1.165, 1.54) is 4.88 Å². The van der Waals surface area contributed by atoms with E-state index in [-0.39, 0.29) is 6.54 Å². The van der Waals surface area contributed by atoms with Gasteiger partial charge in [0.05, 0.1) is 12.8 Å². The van der Waals surface area contributed by atoms with E-state index in [9.17, 15) is 5.11 Å². The topological polar surface area (TPSA) is 69.8 Å². The predicted octanol–water partition coefficient (Wildman–Crippen LogP) is 2.35. The van der Waals surface area contributed by atoms with Crippen LogP contribution in [0.2, 0.25) is 0 Å². The lowest BCUT2D eigenvalue weighted by Gasteiger charge is -2.19. The fraction of sp³-hybridized carbons (Fsp3) is 0.438. The molecule has 3 N–H and O–H groups in total. The quantitative estimate of drug-likeness (QED) is 0.541. The Hall–Kier alpha value is -1.79. The smallest absolute Gasteiger partial charge is 0.191 e. The maximum atomic E-state index is 10.4. The van der Waals surface area contributed by atoms with Gasteiger partial charge in [0.15, 0.2) is 5.96 Å². The molecule has 6 heteroatoms. The summed E-state index contributed by atoms with van der Waals surface area (Å²) in [6.45, 7) is 5.52. The Bertz CT molecular complexity index is 562. The lowest BCUT2D eigenvalue weighted by Crippen LogP contribution is -2.39. The molecule has 0 radical (unpaired) electrons. The van der Waals surface area contributed by atoms with Gasteiger partial charge in [-0.15, -0.1) is 11.3 Å². The Morgan fingerprint density at radius 1 is 1.36 bits per heavy atom. The number of nitrogens with one attached hydrogen (secondary N) is 2. The molecule has 0 spiro atoms. The number of nitrogens with zero attached hydrogens (tertiary/aromatic N) is 1. The summed E-state index contributed by atoms with van der Waals surface area (Å²) in [5.74, 6) is 1.22. The van der Waals surface area contributed by atoms with E-state index in [0.29, 0.717) is 11.7 Å². The number of furan rings is 1. The molecule has 0 amide bonds. The van der Waals surface area contributed by atoms with Gasteiger partial charge in [-0.2, -0.15) is 0 Å². The standard InChI is InChI=1S/C16H23N3O2S/c1-3-17-15(18-9-8-13-6-5-11-22-13)19-12-16(2,20)14-7-4-10-21-14/h4-7,10-11,20H,3,8-9,12H2,1-2H3,(H2,17,18,19). The third kappa shape index (κ3) is 4.89. The van der Waals surface area contributed by atoms with E-state index in [0.717, 1.165) is 19.5 Å². The van der Waals surface area contributed by atoms with Gasteiger partial charge in [-0.05, 0) is 43.8 Å². The Morgan fingerprint density at radius 3 is 2.86 bits per heavy atom. The summed E-state index contributed by atoms with van der Waals surface area (Å²) in [6.07, 6.45) is 2.51. The van der Waals surface area contributed by atoms with Crippen molar-refractivity contribution in [2.24, 2.45) is 4.99 Å². The summed E-state index contributed by atoms with van der Waals surface area (Å²) in [5, 5.41) is 19.0. The van der Waals surface area contributed by atoms with Crippen LogP contribution in [0.3, 0.4) is 0 Å². The first-order chi connectivity index (χ1) is 10.6. The van der Waals surface area contributed by atoms with Crippen LogP contribution in [0.25, 0.3) is 0 Å². The van der Waals surface area contributed by atoms with Gasteiger partial charge in [0.2, 0.25) is 0 Å². The Morgan fingerprint density at radius 2 is 2.23 bits per heavy atom. The van der Waals surface area contributed by atoms with Gasteiger partial charge in [0, 0.05) is 18.0 Å². The van der Waals surface area contributed by atoms with E-state index in [4.69, 9.17) is 4.42 Å². The van der Waals surface area contributed by atoms with Crippen LogP contribution < -0.4 is 10.6 Å². The summed E-state index contributed by atoms with van der Waals surface area (Å²) in [6, 6.07) is 7.70. The number of hydrogen-bond acceptors (Lipinski definition) is 4. The highest BCUT2D eigenvalue weighted by molar-refractivity contribution is 7.09. The molecule has 0 aliphatic rings. The van der Waals surface area contributed by atoms with Gasteiger partial charge in [-0.25, -0.2) is 4.99 Å². The Labute approximate surface area is 135 Å². The highest BCUT2D eigenvalue weighted by Crippen LogP contribution is 2.20. The van der Waals surface area contributed by atoms with Gasteiger partial charge >= 0.3 is 0 Å². The summed E-state index contributed by atoms with van der Waals surface area (Å²) < 4.78 is 5.26. The molecule has 0 aliphatic heterocycles. The largest absolute Gasteiger partial charge is 0.466 e. The monoisotopic (exact) mass is 321 g/mol. The zero-order chi connectivity index (χ0) is 15.8. The molecule has 0 bridgehead atoms. The molecule has 1 atom stereocenters. The lowest BCUT2D eigenvalue weighted by atomic mass is 10.0. The first-order valence-electron chi connectivity index (χ1n) is 7.43. The van der Waals surface area contributed by atoms with Crippen LogP contribution in [0.1, 0.15) is 24.5 Å². The molecule has 0 aliphatic carbocycles. The van der Waals surface area contributed by atoms with Crippen molar-refractivity contribution in [2.45, 2.75) is 25.9 Å². The fourth-order valence-corrected chi connectivity index (χ4v) is 2.71. The van der Waals surface area contributed by atoms with Crippen molar-refractivity contribution in [3.05, 3.63) is 46.5 Å². The average molecular weight is 321 g/mol.